The van der Waals surface area contributed by atoms with Crippen LogP contribution < -0.4 is 5.32 Å². The molecule has 3 saturated heterocycles. The van der Waals surface area contributed by atoms with E-state index in [2.05, 4.69) is 5.32 Å². The van der Waals surface area contributed by atoms with Crippen LogP contribution in [-0.2, 0) is 19.1 Å². The number of morpholine rings is 2. The maximum absolute atomic E-state index is 13.4. The summed E-state index contributed by atoms with van der Waals surface area (Å²) in [6.45, 7) is 12.8. The first-order valence-corrected chi connectivity index (χ1v) is 9.68. The molecular formula is C19H33N3O4. The molecule has 26 heavy (non-hydrogen) atoms. The third-order valence-corrected chi connectivity index (χ3v) is 5.68. The number of hydrogen-bond acceptors (Lipinski definition) is 5. The molecule has 2 amide bonds. The normalized spacial score (nSPS) is 31.1. The first-order valence-electron chi connectivity index (χ1n) is 9.68. The van der Waals surface area contributed by atoms with Crippen molar-refractivity contribution in [1.29, 1.82) is 0 Å². The summed E-state index contributed by atoms with van der Waals surface area (Å²) in [4.78, 5) is 30.2. The maximum atomic E-state index is 13.4. The Labute approximate surface area is 156 Å². The lowest BCUT2D eigenvalue weighted by atomic mass is 9.80. The molecule has 3 aliphatic heterocycles. The van der Waals surface area contributed by atoms with Gasteiger partial charge < -0.3 is 24.6 Å². The monoisotopic (exact) mass is 367 g/mol. The Morgan fingerprint density at radius 3 is 2.08 bits per heavy atom. The van der Waals surface area contributed by atoms with Gasteiger partial charge >= 0.3 is 0 Å². The second kappa shape index (κ2) is 7.09. The Bertz CT molecular complexity index is 555. The minimum atomic E-state index is -0.632. The number of carbonyl (C=O) groups is 2. The van der Waals surface area contributed by atoms with Gasteiger partial charge in [0, 0.05) is 39.1 Å². The number of hydrogen-bond donors (Lipinski definition) is 1. The van der Waals surface area contributed by atoms with Gasteiger partial charge in [0.25, 0.3) is 0 Å². The molecule has 3 heterocycles. The van der Waals surface area contributed by atoms with Crippen molar-refractivity contribution in [2.24, 2.45) is 5.41 Å². The van der Waals surface area contributed by atoms with Gasteiger partial charge in [0.2, 0.25) is 11.8 Å². The third kappa shape index (κ3) is 4.21. The lowest BCUT2D eigenvalue weighted by Gasteiger charge is -2.43. The van der Waals surface area contributed by atoms with Crippen molar-refractivity contribution in [3.8, 4) is 0 Å². The van der Waals surface area contributed by atoms with E-state index in [9.17, 15) is 9.59 Å². The molecule has 0 spiro atoms. The Kier molecular flexibility index (Phi) is 5.34. The maximum Gasteiger partial charge on any atom is 0.230 e. The summed E-state index contributed by atoms with van der Waals surface area (Å²) in [5, 5.41) is 3.30. The van der Waals surface area contributed by atoms with Crippen LogP contribution in [0.5, 0.6) is 0 Å². The van der Waals surface area contributed by atoms with E-state index < -0.39 is 5.41 Å². The van der Waals surface area contributed by atoms with Crippen LogP contribution in [-0.4, -0.2) is 85.3 Å². The van der Waals surface area contributed by atoms with Gasteiger partial charge in [0.15, 0.2) is 0 Å². The number of carbonyl (C=O) groups excluding carboxylic acids is 2. The Balaban J connectivity index is 1.71. The molecule has 1 atom stereocenters. The van der Waals surface area contributed by atoms with Gasteiger partial charge in [-0.1, -0.05) is 0 Å². The molecule has 0 aromatic heterocycles. The van der Waals surface area contributed by atoms with Gasteiger partial charge in [-0.05, 0) is 40.7 Å². The highest BCUT2D eigenvalue weighted by Crippen LogP contribution is 2.35. The second-order valence-corrected chi connectivity index (χ2v) is 9.14. The number of nitrogens with zero attached hydrogens (tertiary/aromatic N) is 2. The summed E-state index contributed by atoms with van der Waals surface area (Å²) in [6.07, 6.45) is 0.982. The van der Waals surface area contributed by atoms with Gasteiger partial charge in [0.05, 0.1) is 29.8 Å². The molecule has 148 valence electrons. The molecular weight excluding hydrogens is 334 g/mol. The van der Waals surface area contributed by atoms with Crippen LogP contribution in [0.2, 0.25) is 0 Å². The van der Waals surface area contributed by atoms with Crippen molar-refractivity contribution < 1.29 is 19.1 Å². The standard InChI is InChI=1S/C19H33N3O4/c1-17(2)13-21(7-9-25-17)15(23)11-19(5-6-20-12-19)16(24)22-8-10-26-18(3,4)14-22/h20H,5-14H2,1-4H3. The molecule has 0 bridgehead atoms. The molecule has 3 fully saturated rings. The van der Waals surface area contributed by atoms with Crippen molar-refractivity contribution in [1.82, 2.24) is 15.1 Å². The van der Waals surface area contributed by atoms with Crippen LogP contribution in [0.1, 0.15) is 40.5 Å². The molecule has 3 rings (SSSR count). The number of amides is 2. The molecule has 1 unspecified atom stereocenters. The Hall–Kier alpha value is -1.18. The summed E-state index contributed by atoms with van der Waals surface area (Å²) in [5.41, 5.74) is -1.29. The van der Waals surface area contributed by atoms with Crippen molar-refractivity contribution in [2.75, 3.05) is 52.5 Å². The summed E-state index contributed by atoms with van der Waals surface area (Å²) in [6, 6.07) is 0. The fourth-order valence-corrected chi connectivity index (χ4v) is 4.31. The quantitative estimate of drug-likeness (QED) is 0.792. The topological polar surface area (TPSA) is 71.1 Å². The van der Waals surface area contributed by atoms with E-state index in [1.54, 1.807) is 0 Å². The van der Waals surface area contributed by atoms with E-state index in [0.29, 0.717) is 52.4 Å². The molecule has 3 aliphatic rings. The highest BCUT2D eigenvalue weighted by atomic mass is 16.5. The van der Waals surface area contributed by atoms with Crippen molar-refractivity contribution in [3.05, 3.63) is 0 Å². The van der Waals surface area contributed by atoms with Crippen molar-refractivity contribution in [2.45, 2.75) is 51.7 Å². The predicted molar refractivity (Wildman–Crippen MR) is 97.8 cm³/mol. The van der Waals surface area contributed by atoms with Crippen LogP contribution in [0.3, 0.4) is 0 Å². The van der Waals surface area contributed by atoms with Gasteiger partial charge in [-0.15, -0.1) is 0 Å². The Morgan fingerprint density at radius 1 is 0.962 bits per heavy atom. The number of nitrogens with one attached hydrogen (secondary N) is 1. The summed E-state index contributed by atoms with van der Waals surface area (Å²) >= 11 is 0. The van der Waals surface area contributed by atoms with Gasteiger partial charge in [-0.3, -0.25) is 9.59 Å². The van der Waals surface area contributed by atoms with E-state index >= 15 is 0 Å². The molecule has 7 heteroatoms. The summed E-state index contributed by atoms with van der Waals surface area (Å²) in [7, 11) is 0. The average molecular weight is 367 g/mol. The van der Waals surface area contributed by atoms with Crippen LogP contribution >= 0.6 is 0 Å². The molecule has 0 aromatic carbocycles. The zero-order chi connectivity index (χ0) is 19.0. The Morgan fingerprint density at radius 2 is 1.54 bits per heavy atom. The average Bonchev–Trinajstić information content (AvgIpc) is 3.02. The van der Waals surface area contributed by atoms with E-state index in [-0.39, 0.29) is 29.4 Å². The second-order valence-electron chi connectivity index (χ2n) is 9.14. The van der Waals surface area contributed by atoms with Crippen LogP contribution in [0, 0.1) is 5.41 Å². The number of ether oxygens (including phenoxy) is 2. The first-order chi connectivity index (χ1) is 12.1. The molecule has 0 saturated carbocycles. The van der Waals surface area contributed by atoms with E-state index in [1.807, 2.05) is 37.5 Å². The van der Waals surface area contributed by atoms with Gasteiger partial charge in [-0.25, -0.2) is 0 Å². The predicted octanol–water partition coefficient (Wildman–Crippen LogP) is 0.631. The number of rotatable bonds is 3. The van der Waals surface area contributed by atoms with Crippen molar-refractivity contribution in [3.63, 3.8) is 0 Å². The smallest absolute Gasteiger partial charge is 0.230 e. The zero-order valence-electron chi connectivity index (χ0n) is 16.6. The van der Waals surface area contributed by atoms with Crippen molar-refractivity contribution >= 4 is 11.8 Å². The summed E-state index contributed by atoms with van der Waals surface area (Å²) < 4.78 is 11.5. The zero-order valence-corrected chi connectivity index (χ0v) is 16.6. The molecule has 7 nitrogen and oxygen atoms in total. The molecule has 0 radical (unpaired) electrons. The van der Waals surface area contributed by atoms with Gasteiger partial charge in [0.1, 0.15) is 0 Å². The van der Waals surface area contributed by atoms with E-state index in [4.69, 9.17) is 9.47 Å². The summed E-state index contributed by atoms with van der Waals surface area (Å²) in [5.74, 6) is 0.158. The molecule has 1 N–H and O–H groups in total. The van der Waals surface area contributed by atoms with E-state index in [0.717, 1.165) is 6.54 Å². The highest BCUT2D eigenvalue weighted by molar-refractivity contribution is 5.90. The fourth-order valence-electron chi connectivity index (χ4n) is 4.31. The minimum Gasteiger partial charge on any atom is -0.372 e. The molecule has 0 aromatic rings. The van der Waals surface area contributed by atoms with Crippen LogP contribution in [0.15, 0.2) is 0 Å². The molecule has 0 aliphatic carbocycles. The third-order valence-electron chi connectivity index (χ3n) is 5.68. The first kappa shape index (κ1) is 19.6. The van der Waals surface area contributed by atoms with Crippen LogP contribution in [0.4, 0.5) is 0 Å². The lowest BCUT2D eigenvalue weighted by molar-refractivity contribution is -0.161. The van der Waals surface area contributed by atoms with Gasteiger partial charge in [-0.2, -0.15) is 0 Å². The minimum absolute atomic E-state index is 0.0611. The van der Waals surface area contributed by atoms with E-state index in [1.165, 1.54) is 0 Å². The largest absolute Gasteiger partial charge is 0.372 e. The van der Waals surface area contributed by atoms with Crippen LogP contribution in [0.25, 0.3) is 0 Å². The lowest BCUT2D eigenvalue weighted by Crippen LogP contribution is -2.57. The highest BCUT2D eigenvalue weighted by Gasteiger charge is 2.48. The SMILES string of the molecule is CC1(C)CN(C(=O)CC2(C(=O)N3CCOC(C)(C)C3)CCNC2)CCO1. The fraction of sp³-hybridized carbons (Fsp3) is 0.895.